The summed E-state index contributed by atoms with van der Waals surface area (Å²) in [6.45, 7) is 7.64. The number of carboxylic acids is 2. The number of hydrogen-bond donors (Lipinski definition) is 4. The molecule has 0 atom stereocenters. The van der Waals surface area contributed by atoms with Crippen molar-refractivity contribution in [2.75, 3.05) is 0 Å². The number of nitrogens with one attached hydrogen (secondary N) is 1. The Morgan fingerprint density at radius 3 is 1.86 bits per heavy atom. The predicted octanol–water partition coefficient (Wildman–Crippen LogP) is -0.0400. The highest BCUT2D eigenvalue weighted by atomic mass is 16.4. The van der Waals surface area contributed by atoms with Gasteiger partial charge in [-0.1, -0.05) is 6.08 Å². The summed E-state index contributed by atoms with van der Waals surface area (Å²) >= 11 is 0. The van der Waals surface area contributed by atoms with Crippen molar-refractivity contribution in [2.45, 2.75) is 25.8 Å². The first kappa shape index (κ1) is 15.1. The summed E-state index contributed by atoms with van der Waals surface area (Å²) in [7, 11) is 0. The lowest BCUT2D eigenvalue weighted by Crippen LogP contribution is -2.43. The Morgan fingerprint density at radius 1 is 1.43 bits per heavy atom. The van der Waals surface area contributed by atoms with Crippen LogP contribution in [-0.2, 0) is 9.59 Å². The smallest absolute Gasteiger partial charge is 0.414 e. The molecule has 14 heavy (non-hydrogen) atoms. The van der Waals surface area contributed by atoms with Crippen LogP contribution < -0.4 is 11.3 Å². The van der Waals surface area contributed by atoms with E-state index in [1.807, 2.05) is 19.9 Å². The Morgan fingerprint density at radius 2 is 1.79 bits per heavy atom. The lowest BCUT2D eigenvalue weighted by atomic mass is 10.0. The average Bonchev–Trinajstić information content (AvgIpc) is 2.05. The fraction of sp³-hybridized carbons (Fsp3) is 0.500. The van der Waals surface area contributed by atoms with Crippen LogP contribution in [0.2, 0.25) is 0 Å². The summed E-state index contributed by atoms with van der Waals surface area (Å²) in [5.41, 5.74) is 2.67. The second-order valence-electron chi connectivity index (χ2n) is 3.13. The molecule has 0 aromatic rings. The minimum absolute atomic E-state index is 0.00174. The Bertz CT molecular complexity index is 201. The van der Waals surface area contributed by atoms with Gasteiger partial charge in [0.2, 0.25) is 0 Å². The summed E-state index contributed by atoms with van der Waals surface area (Å²) in [5.74, 6) is 1.55. The first-order chi connectivity index (χ1) is 6.26. The molecule has 0 unspecified atom stereocenters. The van der Waals surface area contributed by atoms with Gasteiger partial charge in [-0.15, -0.1) is 6.58 Å². The van der Waals surface area contributed by atoms with Crippen LogP contribution in [0.1, 0.15) is 20.3 Å². The molecule has 0 aromatic heterocycles. The highest BCUT2D eigenvalue weighted by molar-refractivity contribution is 6.27. The largest absolute Gasteiger partial charge is 0.473 e. The Balaban J connectivity index is 0. The van der Waals surface area contributed by atoms with Crippen molar-refractivity contribution in [1.29, 1.82) is 0 Å². The van der Waals surface area contributed by atoms with Gasteiger partial charge in [-0.05, 0) is 20.3 Å². The molecule has 6 heteroatoms. The monoisotopic (exact) mass is 204 g/mol. The van der Waals surface area contributed by atoms with Gasteiger partial charge >= 0.3 is 11.9 Å². The SMILES string of the molecule is C=CCC(C)(C)NN.O=C(O)C(=O)O. The number of hydrogen-bond acceptors (Lipinski definition) is 4. The molecule has 0 aromatic carbocycles. The molecule has 0 spiro atoms. The number of carbonyl (C=O) groups is 2. The molecular formula is C8H16N2O4. The van der Waals surface area contributed by atoms with E-state index in [1.165, 1.54) is 0 Å². The van der Waals surface area contributed by atoms with Gasteiger partial charge in [-0.2, -0.15) is 0 Å². The standard InChI is InChI=1S/C6H14N2.C2H2O4/c1-4-5-6(2,3)8-7;3-1(4)2(5)6/h4,8H,1,5,7H2,2-3H3;(H,3,4)(H,5,6). The number of carboxylic acid groups (broad SMARTS) is 2. The molecule has 0 aliphatic heterocycles. The second-order valence-corrected chi connectivity index (χ2v) is 3.13. The van der Waals surface area contributed by atoms with Crippen molar-refractivity contribution < 1.29 is 19.8 Å². The van der Waals surface area contributed by atoms with Crippen molar-refractivity contribution in [3.8, 4) is 0 Å². The lowest BCUT2D eigenvalue weighted by molar-refractivity contribution is -0.159. The number of nitrogens with two attached hydrogens (primary N) is 1. The first-order valence-corrected chi connectivity index (χ1v) is 3.81. The van der Waals surface area contributed by atoms with E-state index in [0.717, 1.165) is 6.42 Å². The van der Waals surface area contributed by atoms with Gasteiger partial charge in [0.05, 0.1) is 0 Å². The molecule has 0 aliphatic carbocycles. The predicted molar refractivity (Wildman–Crippen MR) is 51.5 cm³/mol. The van der Waals surface area contributed by atoms with E-state index in [1.54, 1.807) is 0 Å². The van der Waals surface area contributed by atoms with Crippen molar-refractivity contribution >= 4 is 11.9 Å². The fourth-order valence-electron chi connectivity index (χ4n) is 0.420. The quantitative estimate of drug-likeness (QED) is 0.222. The third-order valence-corrected chi connectivity index (χ3v) is 1.23. The first-order valence-electron chi connectivity index (χ1n) is 3.81. The van der Waals surface area contributed by atoms with Gasteiger partial charge in [-0.3, -0.25) is 11.3 Å². The normalized spacial score (nSPS) is 9.64. The number of rotatable bonds is 3. The summed E-state index contributed by atoms with van der Waals surface area (Å²) in [6, 6.07) is 0. The van der Waals surface area contributed by atoms with E-state index in [0.29, 0.717) is 0 Å². The highest BCUT2D eigenvalue weighted by Crippen LogP contribution is 2.05. The topological polar surface area (TPSA) is 113 Å². The molecule has 0 radical (unpaired) electrons. The van der Waals surface area contributed by atoms with Crippen molar-refractivity contribution in [3.63, 3.8) is 0 Å². The fourth-order valence-corrected chi connectivity index (χ4v) is 0.420. The van der Waals surface area contributed by atoms with Crippen LogP contribution in [0.3, 0.4) is 0 Å². The second kappa shape index (κ2) is 7.05. The summed E-state index contributed by atoms with van der Waals surface area (Å²) in [6.07, 6.45) is 2.74. The van der Waals surface area contributed by atoms with Gasteiger partial charge in [0, 0.05) is 5.54 Å². The van der Waals surface area contributed by atoms with Gasteiger partial charge < -0.3 is 10.2 Å². The molecule has 5 N–H and O–H groups in total. The zero-order chi connectivity index (χ0) is 11.8. The van der Waals surface area contributed by atoms with Crippen LogP contribution in [0.5, 0.6) is 0 Å². The summed E-state index contributed by atoms with van der Waals surface area (Å²) in [4.78, 5) is 18.2. The van der Waals surface area contributed by atoms with Crippen LogP contribution in [0.15, 0.2) is 12.7 Å². The molecule has 0 fully saturated rings. The van der Waals surface area contributed by atoms with Crippen LogP contribution in [-0.4, -0.2) is 27.7 Å². The molecule has 0 amide bonds. The Labute approximate surface area is 82.4 Å². The summed E-state index contributed by atoms with van der Waals surface area (Å²) in [5, 5.41) is 14.8. The van der Waals surface area contributed by atoms with Crippen LogP contribution in [0, 0.1) is 0 Å². The van der Waals surface area contributed by atoms with Crippen molar-refractivity contribution in [3.05, 3.63) is 12.7 Å². The van der Waals surface area contributed by atoms with Gasteiger partial charge in [0.15, 0.2) is 0 Å². The van der Waals surface area contributed by atoms with Gasteiger partial charge in [-0.25, -0.2) is 9.59 Å². The molecular weight excluding hydrogens is 188 g/mol. The highest BCUT2D eigenvalue weighted by Gasteiger charge is 2.10. The van der Waals surface area contributed by atoms with Crippen LogP contribution in [0.4, 0.5) is 0 Å². The maximum Gasteiger partial charge on any atom is 0.414 e. The van der Waals surface area contributed by atoms with E-state index >= 15 is 0 Å². The third kappa shape index (κ3) is 10.6. The van der Waals surface area contributed by atoms with Crippen molar-refractivity contribution in [2.24, 2.45) is 5.84 Å². The van der Waals surface area contributed by atoms with Gasteiger partial charge in [0.1, 0.15) is 0 Å². The van der Waals surface area contributed by atoms with E-state index in [4.69, 9.17) is 25.6 Å². The van der Waals surface area contributed by atoms with Crippen molar-refractivity contribution in [1.82, 2.24) is 5.43 Å². The molecule has 0 saturated heterocycles. The molecule has 0 heterocycles. The minimum atomic E-state index is -1.82. The number of hydrazine groups is 1. The number of aliphatic carboxylic acids is 2. The summed E-state index contributed by atoms with van der Waals surface area (Å²) < 4.78 is 0. The molecule has 0 saturated carbocycles. The Hall–Kier alpha value is -1.40. The van der Waals surface area contributed by atoms with Gasteiger partial charge in [0.25, 0.3) is 0 Å². The Kier molecular flexibility index (Phi) is 7.60. The zero-order valence-corrected chi connectivity index (χ0v) is 8.28. The molecule has 82 valence electrons. The maximum atomic E-state index is 9.10. The van der Waals surface area contributed by atoms with Crippen LogP contribution in [0.25, 0.3) is 0 Å². The lowest BCUT2D eigenvalue weighted by Gasteiger charge is -2.20. The molecule has 0 aliphatic rings. The van der Waals surface area contributed by atoms with Crippen LogP contribution >= 0.6 is 0 Å². The minimum Gasteiger partial charge on any atom is -0.473 e. The molecule has 0 rings (SSSR count). The average molecular weight is 204 g/mol. The molecule has 0 bridgehead atoms. The molecule has 6 nitrogen and oxygen atoms in total. The van der Waals surface area contributed by atoms with E-state index < -0.39 is 11.9 Å². The van der Waals surface area contributed by atoms with E-state index in [2.05, 4.69) is 12.0 Å². The zero-order valence-electron chi connectivity index (χ0n) is 8.28. The van der Waals surface area contributed by atoms with E-state index in [-0.39, 0.29) is 5.54 Å². The third-order valence-electron chi connectivity index (χ3n) is 1.23. The maximum absolute atomic E-state index is 9.10. The van der Waals surface area contributed by atoms with E-state index in [9.17, 15) is 0 Å².